The number of carbonyl (C=O) groups excluding carboxylic acids is 1. The van der Waals surface area contributed by atoms with Crippen LogP contribution in [0.1, 0.15) is 38.7 Å². The zero-order valence-corrected chi connectivity index (χ0v) is 15.6. The van der Waals surface area contributed by atoms with Crippen molar-refractivity contribution in [1.82, 2.24) is 10.3 Å². The van der Waals surface area contributed by atoms with Crippen LogP contribution in [0.2, 0.25) is 0 Å². The van der Waals surface area contributed by atoms with Crippen LogP contribution in [-0.2, 0) is 4.79 Å². The molecule has 136 valence electrons. The lowest BCUT2D eigenvalue weighted by atomic mass is 9.76. The highest BCUT2D eigenvalue weighted by Crippen LogP contribution is 2.53. The maximum absolute atomic E-state index is 13.7. The van der Waals surface area contributed by atoms with Crippen LogP contribution >= 0.6 is 0 Å². The molecule has 3 nitrogen and oxygen atoms in total. The highest BCUT2D eigenvalue weighted by molar-refractivity contribution is 5.92. The first-order chi connectivity index (χ1) is 12.4. The zero-order valence-electron chi connectivity index (χ0n) is 15.6. The van der Waals surface area contributed by atoms with Crippen molar-refractivity contribution in [2.24, 2.45) is 23.2 Å². The summed E-state index contributed by atoms with van der Waals surface area (Å²) in [6.45, 7) is 4.11. The number of amides is 1. The average molecular weight is 352 g/mol. The molecular weight excluding hydrogens is 327 g/mol. The Kier molecular flexibility index (Phi) is 4.09. The third kappa shape index (κ3) is 2.72. The Hall–Kier alpha value is -2.23. The quantitative estimate of drug-likeness (QED) is 0.879. The number of aromatic nitrogens is 1. The largest absolute Gasteiger partial charge is 0.359 e. The number of pyridine rings is 1. The summed E-state index contributed by atoms with van der Waals surface area (Å²) in [6, 6.07) is 6.79. The molecule has 2 aromatic rings. The first-order valence-corrected chi connectivity index (χ1v) is 9.37. The van der Waals surface area contributed by atoms with Crippen molar-refractivity contribution in [2.75, 3.05) is 7.05 Å². The second kappa shape index (κ2) is 6.19. The molecule has 1 aromatic heterocycles. The molecule has 0 saturated heterocycles. The third-order valence-electron chi connectivity index (χ3n) is 6.53. The zero-order chi connectivity index (χ0) is 18.5. The van der Waals surface area contributed by atoms with Gasteiger partial charge in [-0.1, -0.05) is 19.9 Å². The summed E-state index contributed by atoms with van der Waals surface area (Å²) in [7, 11) is 1.71. The van der Waals surface area contributed by atoms with Crippen LogP contribution in [0.5, 0.6) is 0 Å². The van der Waals surface area contributed by atoms with Crippen molar-refractivity contribution in [2.45, 2.75) is 33.1 Å². The molecule has 1 amide bonds. The van der Waals surface area contributed by atoms with Gasteiger partial charge in [0.05, 0.1) is 5.52 Å². The molecule has 2 aliphatic rings. The van der Waals surface area contributed by atoms with Crippen molar-refractivity contribution in [3.05, 3.63) is 47.9 Å². The van der Waals surface area contributed by atoms with Gasteiger partial charge in [-0.15, -0.1) is 0 Å². The lowest BCUT2D eigenvalue weighted by Crippen LogP contribution is -2.39. The van der Waals surface area contributed by atoms with Gasteiger partial charge in [-0.25, -0.2) is 4.39 Å². The number of allylic oxidation sites excluding steroid dienone is 2. The van der Waals surface area contributed by atoms with Gasteiger partial charge in [0.1, 0.15) is 5.82 Å². The molecular formula is C22H25FN2O. The van der Waals surface area contributed by atoms with E-state index < -0.39 is 0 Å². The van der Waals surface area contributed by atoms with Gasteiger partial charge in [-0.3, -0.25) is 9.78 Å². The third-order valence-corrected chi connectivity index (χ3v) is 6.53. The molecule has 1 aromatic carbocycles. The van der Waals surface area contributed by atoms with E-state index in [0.717, 1.165) is 35.7 Å². The molecule has 26 heavy (non-hydrogen) atoms. The predicted molar refractivity (Wildman–Crippen MR) is 102 cm³/mol. The number of nitrogens with one attached hydrogen (secondary N) is 1. The molecule has 0 spiro atoms. The number of fused-ring (bicyclic) bond motifs is 2. The second-order valence-corrected chi connectivity index (χ2v) is 8.31. The highest BCUT2D eigenvalue weighted by atomic mass is 19.1. The standard InChI is InChI=1S/C22H25FN2O/c1-22(2,21(26)24-3)16-10-13-8-15(9-14(13)11-16)18-6-7-25-20-5-4-17(23)12-19(18)20/h4-8,12-14,16H,9-11H2,1-3H3,(H,24,26)/t13?,14?,16-/m1/s1. The minimum Gasteiger partial charge on any atom is -0.359 e. The minimum absolute atomic E-state index is 0.127. The summed E-state index contributed by atoms with van der Waals surface area (Å²) >= 11 is 0. The van der Waals surface area contributed by atoms with E-state index in [2.05, 4.69) is 30.2 Å². The van der Waals surface area contributed by atoms with E-state index >= 15 is 0 Å². The Morgan fingerprint density at radius 3 is 2.81 bits per heavy atom. The predicted octanol–water partition coefficient (Wildman–Crippen LogP) is 4.58. The van der Waals surface area contributed by atoms with Crippen molar-refractivity contribution in [3.63, 3.8) is 0 Å². The molecule has 0 bridgehead atoms. The van der Waals surface area contributed by atoms with Crippen molar-refractivity contribution >= 4 is 22.4 Å². The Balaban J connectivity index is 1.61. The summed E-state index contributed by atoms with van der Waals surface area (Å²) in [5, 5.41) is 3.70. The van der Waals surface area contributed by atoms with E-state index in [1.807, 2.05) is 12.3 Å². The number of hydrogen-bond acceptors (Lipinski definition) is 2. The van der Waals surface area contributed by atoms with Crippen LogP contribution in [0, 0.1) is 29.0 Å². The Bertz CT molecular complexity index is 902. The molecule has 1 fully saturated rings. The van der Waals surface area contributed by atoms with E-state index in [-0.39, 0.29) is 17.1 Å². The van der Waals surface area contributed by atoms with Crippen LogP contribution < -0.4 is 5.32 Å². The molecule has 1 N–H and O–H groups in total. The smallest absolute Gasteiger partial charge is 0.225 e. The molecule has 1 heterocycles. The van der Waals surface area contributed by atoms with Crippen LogP contribution in [0.3, 0.4) is 0 Å². The summed E-state index contributed by atoms with van der Waals surface area (Å²) in [5.41, 5.74) is 2.90. The van der Waals surface area contributed by atoms with E-state index in [1.165, 1.54) is 11.6 Å². The number of halogens is 1. The van der Waals surface area contributed by atoms with E-state index in [0.29, 0.717) is 17.8 Å². The van der Waals surface area contributed by atoms with Crippen LogP contribution in [0.4, 0.5) is 4.39 Å². The lowest BCUT2D eigenvalue weighted by Gasteiger charge is -2.30. The van der Waals surface area contributed by atoms with Crippen LogP contribution in [0.15, 0.2) is 36.5 Å². The van der Waals surface area contributed by atoms with Crippen molar-refractivity contribution in [3.8, 4) is 0 Å². The SMILES string of the molecule is CNC(=O)C(C)(C)[C@@H]1CC2C=C(c3ccnc4ccc(F)cc34)CC2C1. The topological polar surface area (TPSA) is 42.0 Å². The maximum Gasteiger partial charge on any atom is 0.225 e. The second-order valence-electron chi connectivity index (χ2n) is 8.31. The number of carbonyl (C=O) groups is 1. The first-order valence-electron chi connectivity index (χ1n) is 9.37. The number of benzene rings is 1. The summed E-state index contributed by atoms with van der Waals surface area (Å²) in [4.78, 5) is 16.6. The Labute approximate surface area is 153 Å². The summed E-state index contributed by atoms with van der Waals surface area (Å²) in [5.74, 6) is 1.40. The fourth-order valence-corrected chi connectivity index (χ4v) is 4.90. The number of rotatable bonds is 3. The number of nitrogens with zero attached hydrogens (tertiary/aromatic N) is 1. The average Bonchev–Trinajstić information content (AvgIpc) is 3.19. The molecule has 3 atom stereocenters. The summed E-state index contributed by atoms with van der Waals surface area (Å²) < 4.78 is 13.7. The molecule has 2 aliphatic carbocycles. The molecule has 4 heteroatoms. The van der Waals surface area contributed by atoms with Gasteiger partial charge in [0, 0.05) is 24.0 Å². The molecule has 0 radical (unpaired) electrons. The van der Waals surface area contributed by atoms with E-state index in [1.54, 1.807) is 19.2 Å². The van der Waals surface area contributed by atoms with Crippen molar-refractivity contribution < 1.29 is 9.18 Å². The van der Waals surface area contributed by atoms with E-state index in [9.17, 15) is 9.18 Å². The highest BCUT2D eigenvalue weighted by Gasteiger charge is 2.46. The van der Waals surface area contributed by atoms with Gasteiger partial charge >= 0.3 is 0 Å². The van der Waals surface area contributed by atoms with Gasteiger partial charge in [0.15, 0.2) is 0 Å². The van der Waals surface area contributed by atoms with Gasteiger partial charge in [-0.2, -0.15) is 0 Å². The molecule has 4 rings (SSSR count). The van der Waals surface area contributed by atoms with Gasteiger partial charge in [-0.05, 0) is 72.4 Å². The monoisotopic (exact) mass is 352 g/mol. The summed E-state index contributed by atoms with van der Waals surface area (Å²) in [6.07, 6.45) is 7.29. The molecule has 2 unspecified atom stereocenters. The first kappa shape index (κ1) is 17.2. The normalized spacial score (nSPS) is 25.2. The van der Waals surface area contributed by atoms with Gasteiger partial charge < -0.3 is 5.32 Å². The van der Waals surface area contributed by atoms with Crippen molar-refractivity contribution in [1.29, 1.82) is 0 Å². The van der Waals surface area contributed by atoms with Crippen LogP contribution in [0.25, 0.3) is 16.5 Å². The Morgan fingerprint density at radius 1 is 1.27 bits per heavy atom. The molecule has 0 aliphatic heterocycles. The maximum atomic E-state index is 13.7. The Morgan fingerprint density at radius 2 is 2.08 bits per heavy atom. The lowest BCUT2D eigenvalue weighted by molar-refractivity contribution is -0.131. The van der Waals surface area contributed by atoms with Gasteiger partial charge in [0.25, 0.3) is 0 Å². The fourth-order valence-electron chi connectivity index (χ4n) is 4.90. The molecule has 1 saturated carbocycles. The van der Waals surface area contributed by atoms with Gasteiger partial charge in [0.2, 0.25) is 5.91 Å². The van der Waals surface area contributed by atoms with E-state index in [4.69, 9.17) is 0 Å². The van der Waals surface area contributed by atoms with Crippen LogP contribution in [-0.4, -0.2) is 17.9 Å². The number of hydrogen-bond donors (Lipinski definition) is 1. The fraction of sp³-hybridized carbons (Fsp3) is 0.455. The minimum atomic E-state index is -0.334.